The SMILES string of the molecule is CCOC(=O)CCC(N)c1cccnc1.Cl. The van der Waals surface area contributed by atoms with E-state index in [-0.39, 0.29) is 24.4 Å². The Bertz CT molecular complexity index is 306. The summed E-state index contributed by atoms with van der Waals surface area (Å²) in [5.74, 6) is -0.197. The van der Waals surface area contributed by atoms with Crippen LogP contribution in [0.3, 0.4) is 0 Å². The number of nitrogens with zero attached hydrogens (tertiary/aromatic N) is 1. The molecule has 0 aliphatic heterocycles. The predicted octanol–water partition coefficient (Wildman–Crippen LogP) is 1.85. The van der Waals surface area contributed by atoms with E-state index in [0.717, 1.165) is 5.56 Å². The Hall–Kier alpha value is -1.13. The van der Waals surface area contributed by atoms with Crippen molar-refractivity contribution in [2.75, 3.05) is 6.61 Å². The molecule has 0 aliphatic carbocycles. The Kier molecular flexibility index (Phi) is 7.50. The van der Waals surface area contributed by atoms with Crippen molar-refractivity contribution >= 4 is 18.4 Å². The molecule has 1 unspecified atom stereocenters. The standard InChI is InChI=1S/C11H16N2O2.ClH/c1-2-15-11(14)6-5-10(12)9-4-3-7-13-8-9;/h3-4,7-8,10H,2,5-6,12H2,1H3;1H. The van der Waals surface area contributed by atoms with Gasteiger partial charge >= 0.3 is 5.97 Å². The summed E-state index contributed by atoms with van der Waals surface area (Å²) in [5, 5.41) is 0. The van der Waals surface area contributed by atoms with E-state index < -0.39 is 0 Å². The number of carbonyl (C=O) groups excluding carboxylic acids is 1. The van der Waals surface area contributed by atoms with Crippen LogP contribution < -0.4 is 5.73 Å². The van der Waals surface area contributed by atoms with Gasteiger partial charge in [0.1, 0.15) is 0 Å². The summed E-state index contributed by atoms with van der Waals surface area (Å²) in [6.45, 7) is 2.21. The fourth-order valence-electron chi connectivity index (χ4n) is 1.27. The molecule has 1 heterocycles. The van der Waals surface area contributed by atoms with E-state index in [9.17, 15) is 4.79 Å². The number of ether oxygens (including phenoxy) is 1. The zero-order valence-electron chi connectivity index (χ0n) is 9.26. The first-order valence-corrected chi connectivity index (χ1v) is 5.05. The lowest BCUT2D eigenvalue weighted by molar-refractivity contribution is -0.143. The van der Waals surface area contributed by atoms with Crippen LogP contribution in [0.5, 0.6) is 0 Å². The van der Waals surface area contributed by atoms with E-state index >= 15 is 0 Å². The number of pyridine rings is 1. The molecule has 0 bridgehead atoms. The molecule has 0 aromatic carbocycles. The van der Waals surface area contributed by atoms with Crippen LogP contribution in [0.15, 0.2) is 24.5 Å². The first kappa shape index (κ1) is 14.9. The highest BCUT2D eigenvalue weighted by atomic mass is 35.5. The van der Waals surface area contributed by atoms with Crippen molar-refractivity contribution in [3.63, 3.8) is 0 Å². The Morgan fingerprint density at radius 3 is 2.94 bits per heavy atom. The van der Waals surface area contributed by atoms with Gasteiger partial charge in [-0.2, -0.15) is 0 Å². The molecule has 5 heteroatoms. The van der Waals surface area contributed by atoms with Gasteiger partial charge < -0.3 is 10.5 Å². The molecule has 1 aromatic rings. The van der Waals surface area contributed by atoms with Gasteiger partial charge in [-0.05, 0) is 25.0 Å². The number of aromatic nitrogens is 1. The molecule has 0 amide bonds. The quantitative estimate of drug-likeness (QED) is 0.803. The molecule has 1 atom stereocenters. The maximum Gasteiger partial charge on any atom is 0.305 e. The third kappa shape index (κ3) is 5.09. The highest BCUT2D eigenvalue weighted by Crippen LogP contribution is 2.14. The minimum absolute atomic E-state index is 0. The first-order valence-electron chi connectivity index (χ1n) is 5.05. The lowest BCUT2D eigenvalue weighted by Gasteiger charge is -2.10. The van der Waals surface area contributed by atoms with Gasteiger partial charge in [0.05, 0.1) is 6.61 Å². The molecular weight excluding hydrogens is 228 g/mol. The Morgan fingerprint density at radius 2 is 2.38 bits per heavy atom. The molecular formula is C11H17ClN2O2. The highest BCUT2D eigenvalue weighted by molar-refractivity contribution is 5.85. The summed E-state index contributed by atoms with van der Waals surface area (Å²) in [6.07, 6.45) is 4.35. The molecule has 0 radical (unpaired) electrons. The van der Waals surface area contributed by atoms with Gasteiger partial charge in [0, 0.05) is 24.9 Å². The molecule has 90 valence electrons. The third-order valence-electron chi connectivity index (χ3n) is 2.08. The number of halogens is 1. The Morgan fingerprint density at radius 1 is 1.62 bits per heavy atom. The zero-order chi connectivity index (χ0) is 11.1. The molecule has 1 aromatic heterocycles. The Labute approximate surface area is 102 Å². The second-order valence-corrected chi connectivity index (χ2v) is 3.24. The number of hydrogen-bond donors (Lipinski definition) is 1. The molecule has 0 spiro atoms. The summed E-state index contributed by atoms with van der Waals surface area (Å²) < 4.78 is 4.82. The van der Waals surface area contributed by atoms with E-state index in [1.807, 2.05) is 12.1 Å². The minimum atomic E-state index is -0.197. The Balaban J connectivity index is 0.00000225. The number of rotatable bonds is 5. The molecule has 0 saturated heterocycles. The number of carbonyl (C=O) groups is 1. The van der Waals surface area contributed by atoms with Crippen molar-refractivity contribution in [3.8, 4) is 0 Å². The van der Waals surface area contributed by atoms with Crippen LogP contribution in [0.1, 0.15) is 31.4 Å². The number of nitrogens with two attached hydrogens (primary N) is 1. The van der Waals surface area contributed by atoms with Gasteiger partial charge in [-0.3, -0.25) is 9.78 Å². The maximum atomic E-state index is 11.1. The van der Waals surface area contributed by atoms with Gasteiger partial charge in [-0.15, -0.1) is 12.4 Å². The second-order valence-electron chi connectivity index (χ2n) is 3.24. The predicted molar refractivity (Wildman–Crippen MR) is 64.3 cm³/mol. The largest absolute Gasteiger partial charge is 0.466 e. The first-order chi connectivity index (χ1) is 7.24. The van der Waals surface area contributed by atoms with Crippen LogP contribution in [-0.2, 0) is 9.53 Å². The smallest absolute Gasteiger partial charge is 0.305 e. The van der Waals surface area contributed by atoms with E-state index in [1.54, 1.807) is 19.3 Å². The van der Waals surface area contributed by atoms with Gasteiger partial charge in [0.15, 0.2) is 0 Å². The molecule has 1 rings (SSSR count). The van der Waals surface area contributed by atoms with Crippen LogP contribution in [0, 0.1) is 0 Å². The van der Waals surface area contributed by atoms with Gasteiger partial charge in [0.2, 0.25) is 0 Å². The topological polar surface area (TPSA) is 65.2 Å². The highest BCUT2D eigenvalue weighted by Gasteiger charge is 2.09. The van der Waals surface area contributed by atoms with Crippen molar-refractivity contribution in [1.29, 1.82) is 0 Å². The minimum Gasteiger partial charge on any atom is -0.466 e. The molecule has 0 fully saturated rings. The van der Waals surface area contributed by atoms with Gasteiger partial charge in [-0.25, -0.2) is 0 Å². The fourth-order valence-corrected chi connectivity index (χ4v) is 1.27. The van der Waals surface area contributed by atoms with Crippen molar-refractivity contribution in [2.24, 2.45) is 5.73 Å². The summed E-state index contributed by atoms with van der Waals surface area (Å²) in [7, 11) is 0. The van der Waals surface area contributed by atoms with Crippen LogP contribution in [0.4, 0.5) is 0 Å². The summed E-state index contributed by atoms with van der Waals surface area (Å²) in [4.78, 5) is 15.1. The van der Waals surface area contributed by atoms with E-state index in [1.165, 1.54) is 0 Å². The van der Waals surface area contributed by atoms with Crippen molar-refractivity contribution in [3.05, 3.63) is 30.1 Å². The van der Waals surface area contributed by atoms with Crippen LogP contribution in [0.2, 0.25) is 0 Å². The lowest BCUT2D eigenvalue weighted by Crippen LogP contribution is -2.13. The number of hydrogen-bond acceptors (Lipinski definition) is 4. The molecule has 2 N–H and O–H groups in total. The third-order valence-corrected chi connectivity index (χ3v) is 2.08. The van der Waals surface area contributed by atoms with Crippen molar-refractivity contribution in [1.82, 2.24) is 4.98 Å². The average molecular weight is 245 g/mol. The van der Waals surface area contributed by atoms with Crippen LogP contribution >= 0.6 is 12.4 Å². The normalized spacial score (nSPS) is 11.4. The van der Waals surface area contributed by atoms with Gasteiger partial charge in [0.25, 0.3) is 0 Å². The molecule has 0 saturated carbocycles. The molecule has 4 nitrogen and oxygen atoms in total. The van der Waals surface area contributed by atoms with Crippen molar-refractivity contribution < 1.29 is 9.53 Å². The van der Waals surface area contributed by atoms with Crippen LogP contribution in [0.25, 0.3) is 0 Å². The number of esters is 1. The monoisotopic (exact) mass is 244 g/mol. The summed E-state index contributed by atoms with van der Waals surface area (Å²) in [5.41, 5.74) is 6.84. The van der Waals surface area contributed by atoms with Crippen LogP contribution in [-0.4, -0.2) is 17.6 Å². The molecule has 0 aliphatic rings. The average Bonchev–Trinajstić information content (AvgIpc) is 2.27. The van der Waals surface area contributed by atoms with E-state index in [2.05, 4.69) is 4.98 Å². The van der Waals surface area contributed by atoms with E-state index in [0.29, 0.717) is 19.4 Å². The fraction of sp³-hybridized carbons (Fsp3) is 0.455. The summed E-state index contributed by atoms with van der Waals surface area (Å²) in [6, 6.07) is 3.59. The molecule has 16 heavy (non-hydrogen) atoms. The zero-order valence-corrected chi connectivity index (χ0v) is 10.1. The lowest BCUT2D eigenvalue weighted by atomic mass is 10.1. The van der Waals surface area contributed by atoms with Crippen molar-refractivity contribution in [2.45, 2.75) is 25.8 Å². The second kappa shape index (κ2) is 8.07. The maximum absolute atomic E-state index is 11.1. The summed E-state index contributed by atoms with van der Waals surface area (Å²) >= 11 is 0. The van der Waals surface area contributed by atoms with Gasteiger partial charge in [-0.1, -0.05) is 6.07 Å². The van der Waals surface area contributed by atoms with E-state index in [4.69, 9.17) is 10.5 Å².